The second-order valence-electron chi connectivity index (χ2n) is 7.00. The molecule has 0 aromatic heterocycles. The van der Waals surface area contributed by atoms with Crippen LogP contribution < -0.4 is 10.1 Å². The first-order valence-electron chi connectivity index (χ1n) is 9.98. The van der Waals surface area contributed by atoms with Gasteiger partial charge in [-0.15, -0.1) is 0 Å². The van der Waals surface area contributed by atoms with Crippen LogP contribution in [0.25, 0.3) is 0 Å². The van der Waals surface area contributed by atoms with E-state index >= 15 is 0 Å². The Morgan fingerprint density at radius 3 is 2.29 bits per heavy atom. The van der Waals surface area contributed by atoms with Gasteiger partial charge in [-0.05, 0) is 36.8 Å². The SMILES string of the molecule is Cc1ccc(OCCOC(=O)C[C@H](NC(=O)c2ccccc2Cl)c2ccccc2)cc1. The molecule has 0 spiro atoms. The highest BCUT2D eigenvalue weighted by molar-refractivity contribution is 6.33. The number of esters is 1. The first-order valence-corrected chi connectivity index (χ1v) is 10.4. The third kappa shape index (κ3) is 6.86. The molecule has 0 radical (unpaired) electrons. The van der Waals surface area contributed by atoms with Crippen LogP contribution >= 0.6 is 11.6 Å². The van der Waals surface area contributed by atoms with E-state index in [-0.39, 0.29) is 25.5 Å². The molecule has 0 heterocycles. The average Bonchev–Trinajstić information content (AvgIpc) is 2.78. The van der Waals surface area contributed by atoms with Gasteiger partial charge in [-0.1, -0.05) is 71.8 Å². The van der Waals surface area contributed by atoms with Crippen LogP contribution in [0.1, 0.15) is 33.9 Å². The van der Waals surface area contributed by atoms with Crippen LogP contribution in [0, 0.1) is 6.92 Å². The fourth-order valence-electron chi connectivity index (χ4n) is 2.99. The maximum Gasteiger partial charge on any atom is 0.308 e. The van der Waals surface area contributed by atoms with Gasteiger partial charge >= 0.3 is 5.97 Å². The highest BCUT2D eigenvalue weighted by atomic mass is 35.5. The lowest BCUT2D eigenvalue weighted by molar-refractivity contribution is -0.144. The summed E-state index contributed by atoms with van der Waals surface area (Å²) in [5, 5.41) is 3.24. The van der Waals surface area contributed by atoms with E-state index in [4.69, 9.17) is 21.1 Å². The number of carbonyl (C=O) groups excluding carboxylic acids is 2. The lowest BCUT2D eigenvalue weighted by atomic mass is 10.0. The molecule has 0 aliphatic heterocycles. The Kier molecular flexibility index (Phi) is 8.07. The van der Waals surface area contributed by atoms with E-state index in [1.54, 1.807) is 24.3 Å². The Labute approximate surface area is 187 Å². The van der Waals surface area contributed by atoms with Crippen LogP contribution in [-0.4, -0.2) is 25.1 Å². The van der Waals surface area contributed by atoms with E-state index in [0.717, 1.165) is 16.9 Å². The normalized spacial score (nSPS) is 11.4. The van der Waals surface area contributed by atoms with Crippen molar-refractivity contribution in [1.82, 2.24) is 5.32 Å². The Morgan fingerprint density at radius 1 is 0.903 bits per heavy atom. The number of ether oxygens (including phenoxy) is 2. The van der Waals surface area contributed by atoms with Crippen molar-refractivity contribution in [3.05, 3.63) is 101 Å². The monoisotopic (exact) mass is 437 g/mol. The van der Waals surface area contributed by atoms with Crippen LogP contribution in [0.15, 0.2) is 78.9 Å². The van der Waals surface area contributed by atoms with Crippen molar-refractivity contribution in [2.75, 3.05) is 13.2 Å². The fraction of sp³-hybridized carbons (Fsp3) is 0.200. The molecule has 1 amide bonds. The number of hydrogen-bond acceptors (Lipinski definition) is 4. The van der Waals surface area contributed by atoms with Crippen LogP contribution in [0.5, 0.6) is 5.75 Å². The van der Waals surface area contributed by atoms with Gasteiger partial charge < -0.3 is 14.8 Å². The molecule has 0 aliphatic rings. The number of benzene rings is 3. The molecule has 0 aliphatic carbocycles. The number of amides is 1. The van der Waals surface area contributed by atoms with Crippen LogP contribution in [0.3, 0.4) is 0 Å². The predicted molar refractivity (Wildman–Crippen MR) is 120 cm³/mol. The first-order chi connectivity index (χ1) is 15.0. The van der Waals surface area contributed by atoms with Gasteiger partial charge in [0.1, 0.15) is 19.0 Å². The molecule has 6 heteroatoms. The fourth-order valence-corrected chi connectivity index (χ4v) is 3.22. The summed E-state index contributed by atoms with van der Waals surface area (Å²) in [6, 6.07) is 23.2. The molecular weight excluding hydrogens is 414 g/mol. The minimum Gasteiger partial charge on any atom is -0.490 e. The van der Waals surface area contributed by atoms with Crippen molar-refractivity contribution >= 4 is 23.5 Å². The van der Waals surface area contributed by atoms with Gasteiger partial charge in [0.15, 0.2) is 0 Å². The second-order valence-corrected chi connectivity index (χ2v) is 7.41. The molecule has 1 N–H and O–H groups in total. The standard InChI is InChI=1S/C25H24ClNO4/c1-18-11-13-20(14-12-18)30-15-16-31-24(28)17-23(19-7-3-2-4-8-19)27-25(29)21-9-5-6-10-22(21)26/h2-14,23H,15-17H2,1H3,(H,27,29)/t23-/m0/s1. The van der Waals surface area contributed by atoms with E-state index in [1.165, 1.54) is 0 Å². The summed E-state index contributed by atoms with van der Waals surface area (Å²) in [6.07, 6.45) is -0.00919. The van der Waals surface area contributed by atoms with E-state index in [1.807, 2.05) is 61.5 Å². The van der Waals surface area contributed by atoms with E-state index < -0.39 is 12.0 Å². The molecule has 3 aromatic rings. The molecule has 0 fully saturated rings. The Morgan fingerprint density at radius 2 is 1.58 bits per heavy atom. The van der Waals surface area contributed by atoms with Gasteiger partial charge in [-0.25, -0.2) is 0 Å². The summed E-state index contributed by atoms with van der Waals surface area (Å²) in [5.41, 5.74) is 2.30. The topological polar surface area (TPSA) is 64.6 Å². The van der Waals surface area contributed by atoms with Crippen LogP contribution in [0.4, 0.5) is 0 Å². The van der Waals surface area contributed by atoms with Gasteiger partial charge in [-0.3, -0.25) is 9.59 Å². The molecular formula is C25H24ClNO4. The van der Waals surface area contributed by atoms with Crippen LogP contribution in [0.2, 0.25) is 5.02 Å². The van der Waals surface area contributed by atoms with Gasteiger partial charge in [0.05, 0.1) is 23.0 Å². The molecule has 1 atom stereocenters. The minimum absolute atomic E-state index is 0.00919. The van der Waals surface area contributed by atoms with Crippen molar-refractivity contribution in [3.8, 4) is 5.75 Å². The Bertz CT molecular complexity index is 1010. The highest BCUT2D eigenvalue weighted by Crippen LogP contribution is 2.21. The maximum absolute atomic E-state index is 12.7. The molecule has 0 bridgehead atoms. The number of nitrogens with one attached hydrogen (secondary N) is 1. The minimum atomic E-state index is -0.546. The van der Waals surface area contributed by atoms with Crippen molar-refractivity contribution in [2.24, 2.45) is 0 Å². The summed E-state index contributed by atoms with van der Waals surface area (Å²) >= 11 is 6.13. The van der Waals surface area contributed by atoms with E-state index in [2.05, 4.69) is 5.32 Å². The third-order valence-electron chi connectivity index (χ3n) is 4.63. The quantitative estimate of drug-likeness (QED) is 0.372. The summed E-state index contributed by atoms with van der Waals surface area (Å²) < 4.78 is 10.9. The molecule has 0 saturated heterocycles. The number of hydrogen-bond donors (Lipinski definition) is 1. The smallest absolute Gasteiger partial charge is 0.308 e. The number of aryl methyl sites for hydroxylation is 1. The van der Waals surface area contributed by atoms with Gasteiger partial charge in [-0.2, -0.15) is 0 Å². The van der Waals surface area contributed by atoms with Crippen LogP contribution in [-0.2, 0) is 9.53 Å². The molecule has 5 nitrogen and oxygen atoms in total. The van der Waals surface area contributed by atoms with Crippen molar-refractivity contribution in [2.45, 2.75) is 19.4 Å². The van der Waals surface area contributed by atoms with Crippen molar-refractivity contribution < 1.29 is 19.1 Å². The van der Waals surface area contributed by atoms with E-state index in [9.17, 15) is 9.59 Å². The summed E-state index contributed by atoms with van der Waals surface area (Å²) in [7, 11) is 0. The molecule has 3 rings (SSSR count). The van der Waals surface area contributed by atoms with Gasteiger partial charge in [0.25, 0.3) is 5.91 Å². The zero-order valence-electron chi connectivity index (χ0n) is 17.2. The zero-order chi connectivity index (χ0) is 22.1. The third-order valence-corrected chi connectivity index (χ3v) is 4.96. The molecule has 160 valence electrons. The lowest BCUT2D eigenvalue weighted by Gasteiger charge is -2.19. The number of rotatable bonds is 9. The van der Waals surface area contributed by atoms with Gasteiger partial charge in [0, 0.05) is 0 Å². The molecule has 0 unspecified atom stereocenters. The first kappa shape index (κ1) is 22.4. The second kappa shape index (κ2) is 11.2. The molecule has 3 aromatic carbocycles. The number of halogens is 1. The maximum atomic E-state index is 12.7. The Balaban J connectivity index is 1.56. The Hall–Kier alpha value is -3.31. The highest BCUT2D eigenvalue weighted by Gasteiger charge is 2.21. The average molecular weight is 438 g/mol. The summed E-state index contributed by atoms with van der Waals surface area (Å²) in [4.78, 5) is 25.1. The lowest BCUT2D eigenvalue weighted by Crippen LogP contribution is -2.31. The summed E-state index contributed by atoms with van der Waals surface area (Å²) in [6.45, 7) is 2.36. The molecule has 31 heavy (non-hydrogen) atoms. The zero-order valence-corrected chi connectivity index (χ0v) is 18.0. The van der Waals surface area contributed by atoms with Crippen molar-refractivity contribution in [1.29, 1.82) is 0 Å². The van der Waals surface area contributed by atoms with E-state index in [0.29, 0.717) is 10.6 Å². The largest absolute Gasteiger partial charge is 0.490 e. The van der Waals surface area contributed by atoms with Crippen molar-refractivity contribution in [3.63, 3.8) is 0 Å². The van der Waals surface area contributed by atoms with Gasteiger partial charge in [0.2, 0.25) is 0 Å². The summed E-state index contributed by atoms with van der Waals surface area (Å²) in [5.74, 6) is -0.0633. The predicted octanol–water partition coefficient (Wildman–Crippen LogP) is 5.13. The molecule has 0 saturated carbocycles. The number of carbonyl (C=O) groups is 2.